The summed E-state index contributed by atoms with van der Waals surface area (Å²) in [4.78, 5) is 21.2. The first-order valence-electron chi connectivity index (χ1n) is 11.2. The summed E-state index contributed by atoms with van der Waals surface area (Å²) in [6.45, 7) is 4.97. The molecule has 3 heterocycles. The lowest BCUT2D eigenvalue weighted by Gasteiger charge is -2.40. The molecule has 5 rings (SSSR count). The van der Waals surface area contributed by atoms with E-state index in [0.717, 1.165) is 51.0 Å². The molecule has 7 nitrogen and oxygen atoms in total. The molecule has 1 aromatic heterocycles. The van der Waals surface area contributed by atoms with Crippen molar-refractivity contribution in [3.63, 3.8) is 0 Å². The Morgan fingerprint density at radius 1 is 1.06 bits per heavy atom. The molecule has 2 aromatic carbocycles. The van der Waals surface area contributed by atoms with Gasteiger partial charge in [-0.3, -0.25) is 9.80 Å². The van der Waals surface area contributed by atoms with Crippen molar-refractivity contribution < 1.29 is 14.1 Å². The Kier molecular flexibility index (Phi) is 6.01. The van der Waals surface area contributed by atoms with Gasteiger partial charge in [-0.1, -0.05) is 41.6 Å². The average Bonchev–Trinajstić information content (AvgIpc) is 3.32. The van der Waals surface area contributed by atoms with Crippen LogP contribution in [0.15, 0.2) is 53.1 Å². The van der Waals surface area contributed by atoms with Gasteiger partial charge in [-0.05, 0) is 42.5 Å². The number of esters is 1. The fourth-order valence-electron chi connectivity index (χ4n) is 4.77. The van der Waals surface area contributed by atoms with Crippen LogP contribution in [0.1, 0.15) is 40.2 Å². The van der Waals surface area contributed by atoms with Gasteiger partial charge in [0.25, 0.3) is 0 Å². The number of carbonyl (C=O) groups excluding carboxylic acids is 1. The van der Waals surface area contributed by atoms with Crippen molar-refractivity contribution in [3.05, 3.63) is 71.1 Å². The zero-order valence-corrected chi connectivity index (χ0v) is 18.4. The topological polar surface area (TPSA) is 71.7 Å². The second-order valence-electron chi connectivity index (χ2n) is 8.58. The Morgan fingerprint density at radius 2 is 1.81 bits per heavy atom. The lowest BCUT2D eigenvalue weighted by molar-refractivity contribution is 0.0600. The zero-order chi connectivity index (χ0) is 21.9. The van der Waals surface area contributed by atoms with Crippen LogP contribution in [0, 0.1) is 0 Å². The average molecular weight is 433 g/mol. The molecule has 2 aliphatic rings. The third-order valence-electron chi connectivity index (χ3n) is 6.62. The summed E-state index contributed by atoms with van der Waals surface area (Å²) in [5.74, 6) is 0.809. The Hall–Kier alpha value is -3.03. The van der Waals surface area contributed by atoms with Crippen molar-refractivity contribution in [1.82, 2.24) is 19.9 Å². The number of hydrogen-bond acceptors (Lipinski definition) is 7. The minimum absolute atomic E-state index is 0.359. The van der Waals surface area contributed by atoms with Crippen LogP contribution in [0.2, 0.25) is 0 Å². The summed E-state index contributed by atoms with van der Waals surface area (Å²) in [5, 5.41) is 4.12. The van der Waals surface area contributed by atoms with Crippen molar-refractivity contribution in [2.24, 2.45) is 0 Å². The smallest absolute Gasteiger partial charge is 0.337 e. The van der Waals surface area contributed by atoms with Crippen LogP contribution in [0.5, 0.6) is 0 Å². The van der Waals surface area contributed by atoms with E-state index in [1.54, 1.807) is 12.1 Å². The Balaban J connectivity index is 1.14. The summed E-state index contributed by atoms with van der Waals surface area (Å²) in [6.07, 6.45) is 3.48. The quantitative estimate of drug-likeness (QED) is 0.571. The minimum Gasteiger partial charge on any atom is -0.465 e. The number of ether oxygens (including phenoxy) is 1. The number of carbonyl (C=O) groups is 1. The number of benzene rings is 2. The highest BCUT2D eigenvalue weighted by Crippen LogP contribution is 2.25. The first-order chi connectivity index (χ1) is 15.7. The van der Waals surface area contributed by atoms with Crippen molar-refractivity contribution in [3.8, 4) is 11.4 Å². The van der Waals surface area contributed by atoms with Gasteiger partial charge in [-0.15, -0.1) is 0 Å². The largest absolute Gasteiger partial charge is 0.465 e. The normalized spacial score (nSPS) is 17.8. The van der Waals surface area contributed by atoms with E-state index in [9.17, 15) is 4.79 Å². The fraction of sp³-hybridized carbons (Fsp3) is 0.400. The first kappa shape index (κ1) is 20.8. The molecule has 1 saturated heterocycles. The number of aromatic nitrogens is 2. The van der Waals surface area contributed by atoms with Crippen LogP contribution < -0.4 is 0 Å². The third kappa shape index (κ3) is 4.45. The van der Waals surface area contributed by atoms with Crippen molar-refractivity contribution >= 4 is 5.97 Å². The highest BCUT2D eigenvalue weighted by atomic mass is 16.5. The molecular weight excluding hydrogens is 404 g/mol. The molecule has 0 atom stereocenters. The molecule has 1 fully saturated rings. The minimum atomic E-state index is -0.359. The number of fused-ring (bicyclic) bond motifs is 1. The number of rotatable bonds is 5. The van der Waals surface area contributed by atoms with E-state index < -0.39 is 0 Å². The maximum Gasteiger partial charge on any atom is 0.337 e. The molecule has 0 N–H and O–H groups in total. The molecule has 0 saturated carbocycles. The lowest BCUT2D eigenvalue weighted by atomic mass is 9.95. The van der Waals surface area contributed by atoms with Crippen LogP contribution >= 0.6 is 0 Å². The molecule has 166 valence electrons. The number of methoxy groups -OCH3 is 1. The summed E-state index contributed by atoms with van der Waals surface area (Å²) < 4.78 is 10.2. The highest BCUT2D eigenvalue weighted by Gasteiger charge is 2.28. The van der Waals surface area contributed by atoms with Gasteiger partial charge in [0, 0.05) is 37.8 Å². The van der Waals surface area contributed by atoms with E-state index in [2.05, 4.69) is 44.2 Å². The van der Waals surface area contributed by atoms with Crippen LogP contribution in [-0.2, 0) is 24.2 Å². The second kappa shape index (κ2) is 9.22. The molecule has 0 spiro atoms. The Labute approximate surface area is 188 Å². The van der Waals surface area contributed by atoms with E-state index in [1.165, 1.54) is 18.2 Å². The molecule has 3 aromatic rings. The van der Waals surface area contributed by atoms with E-state index in [4.69, 9.17) is 9.26 Å². The predicted octanol–water partition coefficient (Wildman–Crippen LogP) is 3.55. The Bertz CT molecular complexity index is 1070. The molecule has 0 bridgehead atoms. The first-order valence-corrected chi connectivity index (χ1v) is 11.2. The summed E-state index contributed by atoms with van der Waals surface area (Å²) in [6, 6.07) is 16.5. The standard InChI is InChI=1S/C25H28N4O3/c1-31-25(30)20-8-6-19(7-9-20)24-26-23(32-27-24)17-28-13-11-22(12-14-28)29-15-10-18-4-2-3-5-21(18)16-29/h2-9,22H,10-17H2,1H3. The monoisotopic (exact) mass is 432 g/mol. The van der Waals surface area contributed by atoms with Crippen LogP contribution in [0.25, 0.3) is 11.4 Å². The van der Waals surface area contributed by atoms with E-state index in [-0.39, 0.29) is 5.97 Å². The van der Waals surface area contributed by atoms with Crippen LogP contribution in [0.4, 0.5) is 0 Å². The van der Waals surface area contributed by atoms with Crippen LogP contribution in [-0.4, -0.2) is 58.7 Å². The summed E-state index contributed by atoms with van der Waals surface area (Å²) >= 11 is 0. The number of hydrogen-bond donors (Lipinski definition) is 0. The number of piperidine rings is 1. The summed E-state index contributed by atoms with van der Waals surface area (Å²) in [5.41, 5.74) is 4.31. The van der Waals surface area contributed by atoms with Crippen molar-refractivity contribution in [1.29, 1.82) is 0 Å². The van der Waals surface area contributed by atoms with Crippen LogP contribution in [0.3, 0.4) is 0 Å². The second-order valence-corrected chi connectivity index (χ2v) is 8.58. The van der Waals surface area contributed by atoms with Crippen molar-refractivity contribution in [2.75, 3.05) is 26.7 Å². The van der Waals surface area contributed by atoms with Gasteiger partial charge < -0.3 is 9.26 Å². The van der Waals surface area contributed by atoms with Gasteiger partial charge in [-0.2, -0.15) is 4.98 Å². The van der Waals surface area contributed by atoms with Crippen molar-refractivity contribution in [2.45, 2.75) is 38.4 Å². The summed E-state index contributed by atoms with van der Waals surface area (Å²) in [7, 11) is 1.37. The van der Waals surface area contributed by atoms with Gasteiger partial charge in [0.05, 0.1) is 19.2 Å². The molecule has 32 heavy (non-hydrogen) atoms. The Morgan fingerprint density at radius 3 is 2.56 bits per heavy atom. The van der Waals surface area contributed by atoms with E-state index in [1.807, 2.05) is 12.1 Å². The molecule has 0 radical (unpaired) electrons. The van der Waals surface area contributed by atoms with Gasteiger partial charge in [0.1, 0.15) is 0 Å². The van der Waals surface area contributed by atoms with E-state index >= 15 is 0 Å². The van der Waals surface area contributed by atoms with Gasteiger partial charge in [0.15, 0.2) is 0 Å². The maximum absolute atomic E-state index is 11.6. The number of nitrogens with zero attached hydrogens (tertiary/aromatic N) is 4. The SMILES string of the molecule is COC(=O)c1ccc(-c2noc(CN3CCC(N4CCc5ccccc5C4)CC3)n2)cc1. The van der Waals surface area contributed by atoms with Gasteiger partial charge in [0.2, 0.25) is 11.7 Å². The van der Waals surface area contributed by atoms with Gasteiger partial charge in [-0.25, -0.2) is 4.79 Å². The third-order valence-corrected chi connectivity index (χ3v) is 6.62. The predicted molar refractivity (Wildman–Crippen MR) is 120 cm³/mol. The molecule has 0 aliphatic carbocycles. The fourth-order valence-corrected chi connectivity index (χ4v) is 4.77. The maximum atomic E-state index is 11.6. The lowest BCUT2D eigenvalue weighted by Crippen LogP contribution is -2.46. The highest BCUT2D eigenvalue weighted by molar-refractivity contribution is 5.89. The van der Waals surface area contributed by atoms with E-state index in [0.29, 0.717) is 29.9 Å². The number of likely N-dealkylation sites (tertiary alicyclic amines) is 1. The zero-order valence-electron chi connectivity index (χ0n) is 18.4. The molecule has 7 heteroatoms. The molecule has 0 amide bonds. The molecule has 2 aliphatic heterocycles. The van der Waals surface area contributed by atoms with Gasteiger partial charge >= 0.3 is 5.97 Å². The molecule has 0 unspecified atom stereocenters. The molecular formula is C25H28N4O3.